The second-order valence-electron chi connectivity index (χ2n) is 4.72. The zero-order chi connectivity index (χ0) is 15.4. The van der Waals surface area contributed by atoms with Crippen LogP contribution >= 0.6 is 11.8 Å². The van der Waals surface area contributed by atoms with E-state index in [-0.39, 0.29) is 5.75 Å². The van der Waals surface area contributed by atoms with E-state index in [4.69, 9.17) is 5.11 Å². The zero-order valence-electron chi connectivity index (χ0n) is 12.3. The number of pyridine rings is 1. The van der Waals surface area contributed by atoms with Crippen LogP contribution < -0.4 is 0 Å². The highest BCUT2D eigenvalue weighted by molar-refractivity contribution is 7.99. The van der Waals surface area contributed by atoms with Crippen molar-refractivity contribution in [3.63, 3.8) is 0 Å². The number of rotatable bonds is 6. The van der Waals surface area contributed by atoms with Gasteiger partial charge in [-0.15, -0.1) is 10.2 Å². The predicted molar refractivity (Wildman–Crippen MR) is 81.0 cm³/mol. The number of hydrogen-bond donors (Lipinski definition) is 1. The van der Waals surface area contributed by atoms with Crippen molar-refractivity contribution in [3.05, 3.63) is 29.3 Å². The maximum atomic E-state index is 10.8. The van der Waals surface area contributed by atoms with Crippen LogP contribution in [0.2, 0.25) is 0 Å². The number of aromatic nitrogens is 4. The summed E-state index contributed by atoms with van der Waals surface area (Å²) in [5.41, 5.74) is 2.73. The van der Waals surface area contributed by atoms with Crippen LogP contribution in [0.4, 0.5) is 0 Å². The van der Waals surface area contributed by atoms with E-state index >= 15 is 0 Å². The summed E-state index contributed by atoms with van der Waals surface area (Å²) in [5.74, 6) is -0.0766. The van der Waals surface area contributed by atoms with Crippen LogP contribution in [0.1, 0.15) is 30.6 Å². The van der Waals surface area contributed by atoms with Crippen LogP contribution in [-0.2, 0) is 11.2 Å². The molecule has 2 heterocycles. The fourth-order valence-corrected chi connectivity index (χ4v) is 2.75. The zero-order valence-corrected chi connectivity index (χ0v) is 13.1. The van der Waals surface area contributed by atoms with Gasteiger partial charge < -0.3 is 5.11 Å². The Hall–Kier alpha value is -1.89. The molecular formula is C14H18N4O2S. The summed E-state index contributed by atoms with van der Waals surface area (Å²) in [5, 5.41) is 17.8. The molecule has 6 nitrogen and oxygen atoms in total. The van der Waals surface area contributed by atoms with Crippen molar-refractivity contribution in [2.45, 2.75) is 38.8 Å². The van der Waals surface area contributed by atoms with Crippen LogP contribution in [0.15, 0.2) is 17.3 Å². The Morgan fingerprint density at radius 3 is 2.71 bits per heavy atom. The lowest BCUT2D eigenvalue weighted by Gasteiger charge is -2.12. The van der Waals surface area contributed by atoms with Crippen molar-refractivity contribution in [2.75, 3.05) is 5.75 Å². The van der Waals surface area contributed by atoms with Gasteiger partial charge in [-0.05, 0) is 32.4 Å². The topological polar surface area (TPSA) is 80.9 Å². The molecular weight excluding hydrogens is 288 g/mol. The summed E-state index contributed by atoms with van der Waals surface area (Å²) in [4.78, 5) is 15.2. The first-order valence-corrected chi connectivity index (χ1v) is 7.75. The number of aliphatic carboxylic acids is 1. The minimum absolute atomic E-state index is 0.0391. The maximum absolute atomic E-state index is 10.8. The van der Waals surface area contributed by atoms with Gasteiger partial charge in [0.2, 0.25) is 0 Å². The van der Waals surface area contributed by atoms with Crippen molar-refractivity contribution in [3.8, 4) is 5.69 Å². The van der Waals surface area contributed by atoms with Gasteiger partial charge in [0, 0.05) is 12.1 Å². The molecule has 0 amide bonds. The molecule has 0 fully saturated rings. The molecule has 1 N–H and O–H groups in total. The third kappa shape index (κ3) is 3.60. The van der Waals surface area contributed by atoms with E-state index in [0.29, 0.717) is 5.16 Å². The van der Waals surface area contributed by atoms with Gasteiger partial charge in [-0.2, -0.15) is 0 Å². The third-order valence-corrected chi connectivity index (χ3v) is 3.85. The molecule has 0 saturated carbocycles. The minimum Gasteiger partial charge on any atom is -0.481 e. The third-order valence-electron chi connectivity index (χ3n) is 2.94. The maximum Gasteiger partial charge on any atom is 0.313 e. The number of carboxylic acid groups (broad SMARTS) is 1. The molecule has 0 bridgehead atoms. The molecule has 2 rings (SSSR count). The first kappa shape index (κ1) is 15.5. The molecule has 2 aromatic rings. The SMILES string of the molecule is CCCc1nnc(SCC(=O)O)n1-c1ccc(C)nc1C. The van der Waals surface area contributed by atoms with Gasteiger partial charge in [0.05, 0.1) is 17.1 Å². The fourth-order valence-electron chi connectivity index (χ4n) is 2.06. The van der Waals surface area contributed by atoms with E-state index in [1.165, 1.54) is 11.8 Å². The second-order valence-corrected chi connectivity index (χ2v) is 5.67. The Bertz CT molecular complexity index is 654. The van der Waals surface area contributed by atoms with E-state index in [1.54, 1.807) is 0 Å². The molecule has 0 atom stereocenters. The summed E-state index contributed by atoms with van der Waals surface area (Å²) in [6, 6.07) is 3.91. The Kier molecular flexibility index (Phi) is 4.95. The number of hydrogen-bond acceptors (Lipinski definition) is 5. The van der Waals surface area contributed by atoms with Crippen molar-refractivity contribution in [2.24, 2.45) is 0 Å². The number of aryl methyl sites for hydroxylation is 3. The normalized spacial score (nSPS) is 10.8. The summed E-state index contributed by atoms with van der Waals surface area (Å²) in [6.07, 6.45) is 1.73. The highest BCUT2D eigenvalue weighted by Crippen LogP contribution is 2.24. The summed E-state index contributed by atoms with van der Waals surface area (Å²) < 4.78 is 1.92. The Morgan fingerprint density at radius 1 is 1.33 bits per heavy atom. The van der Waals surface area contributed by atoms with Crippen LogP contribution in [-0.4, -0.2) is 36.6 Å². The van der Waals surface area contributed by atoms with E-state index < -0.39 is 5.97 Å². The first-order chi connectivity index (χ1) is 10.0. The Morgan fingerprint density at radius 2 is 2.10 bits per heavy atom. The number of thioether (sulfide) groups is 1. The molecule has 112 valence electrons. The van der Waals surface area contributed by atoms with E-state index in [9.17, 15) is 4.79 Å². The lowest BCUT2D eigenvalue weighted by atomic mass is 10.2. The standard InChI is InChI=1S/C14H18N4O2S/c1-4-5-12-16-17-14(21-8-13(19)20)18(12)11-7-6-9(2)15-10(11)3/h6-7H,4-5,8H2,1-3H3,(H,19,20). The lowest BCUT2D eigenvalue weighted by Crippen LogP contribution is -2.07. The number of nitrogens with zero attached hydrogens (tertiary/aromatic N) is 4. The van der Waals surface area contributed by atoms with Crippen LogP contribution in [0, 0.1) is 13.8 Å². The van der Waals surface area contributed by atoms with Gasteiger partial charge in [0.15, 0.2) is 5.16 Å². The average molecular weight is 306 g/mol. The summed E-state index contributed by atoms with van der Waals surface area (Å²) in [6.45, 7) is 5.95. The monoisotopic (exact) mass is 306 g/mol. The highest BCUT2D eigenvalue weighted by atomic mass is 32.2. The largest absolute Gasteiger partial charge is 0.481 e. The van der Waals surface area contributed by atoms with E-state index in [2.05, 4.69) is 22.1 Å². The summed E-state index contributed by atoms with van der Waals surface area (Å²) in [7, 11) is 0. The van der Waals surface area contributed by atoms with Crippen LogP contribution in [0.25, 0.3) is 5.69 Å². The van der Waals surface area contributed by atoms with Gasteiger partial charge in [-0.25, -0.2) is 0 Å². The molecule has 0 radical (unpaired) electrons. The van der Waals surface area contributed by atoms with Crippen LogP contribution in [0.5, 0.6) is 0 Å². The van der Waals surface area contributed by atoms with Crippen molar-refractivity contribution >= 4 is 17.7 Å². The molecule has 0 spiro atoms. The van der Waals surface area contributed by atoms with Crippen molar-refractivity contribution in [1.29, 1.82) is 0 Å². The van der Waals surface area contributed by atoms with Crippen molar-refractivity contribution in [1.82, 2.24) is 19.7 Å². The molecule has 0 aliphatic rings. The molecule has 0 aliphatic heterocycles. The summed E-state index contributed by atoms with van der Waals surface area (Å²) >= 11 is 1.17. The molecule has 0 saturated heterocycles. The smallest absolute Gasteiger partial charge is 0.313 e. The van der Waals surface area contributed by atoms with Gasteiger partial charge in [-0.3, -0.25) is 14.3 Å². The van der Waals surface area contributed by atoms with Gasteiger partial charge in [0.25, 0.3) is 0 Å². The molecule has 0 aromatic carbocycles. The quantitative estimate of drug-likeness (QED) is 0.825. The number of carbonyl (C=O) groups is 1. The second kappa shape index (κ2) is 6.71. The fraction of sp³-hybridized carbons (Fsp3) is 0.429. The molecule has 0 unspecified atom stereocenters. The molecule has 0 aliphatic carbocycles. The Balaban J connectivity index is 2.47. The highest BCUT2D eigenvalue weighted by Gasteiger charge is 2.17. The lowest BCUT2D eigenvalue weighted by molar-refractivity contribution is -0.133. The van der Waals surface area contributed by atoms with Crippen LogP contribution in [0.3, 0.4) is 0 Å². The minimum atomic E-state index is -0.870. The first-order valence-electron chi connectivity index (χ1n) is 6.76. The number of carboxylic acids is 1. The van der Waals surface area contributed by atoms with E-state index in [1.807, 2.05) is 30.5 Å². The van der Waals surface area contributed by atoms with Gasteiger partial charge in [-0.1, -0.05) is 18.7 Å². The molecule has 21 heavy (non-hydrogen) atoms. The average Bonchev–Trinajstić information content (AvgIpc) is 2.80. The molecule has 7 heteroatoms. The van der Waals surface area contributed by atoms with E-state index in [0.717, 1.165) is 35.7 Å². The molecule has 2 aromatic heterocycles. The van der Waals surface area contributed by atoms with Crippen molar-refractivity contribution < 1.29 is 9.90 Å². The van der Waals surface area contributed by atoms with Gasteiger partial charge in [0.1, 0.15) is 5.82 Å². The van der Waals surface area contributed by atoms with Gasteiger partial charge >= 0.3 is 5.97 Å². The predicted octanol–water partition coefficient (Wildman–Crippen LogP) is 2.41. The Labute approximate surface area is 127 Å².